The van der Waals surface area contributed by atoms with Crippen LogP contribution in [0.1, 0.15) is 230 Å². The molecule has 1 aromatic carbocycles. The van der Waals surface area contributed by atoms with E-state index in [1.54, 1.807) is 12.1 Å². The number of aliphatic hydroxyl groups is 4. The van der Waals surface area contributed by atoms with E-state index in [1.807, 2.05) is 0 Å². The number of unbranched alkanes of at least 4 members (excludes halogenated alkanes) is 27. The maximum absolute atomic E-state index is 13.7. The van der Waals surface area contributed by atoms with Gasteiger partial charge in [-0.15, -0.1) is 0 Å². The summed E-state index contributed by atoms with van der Waals surface area (Å²) in [5.74, 6) is 1.26. The molecule has 10 nitrogen and oxygen atoms in total. The van der Waals surface area contributed by atoms with Crippen molar-refractivity contribution < 1.29 is 44.2 Å². The van der Waals surface area contributed by atoms with Crippen LogP contribution in [0.4, 0.5) is 0 Å². The highest BCUT2D eigenvalue weighted by Crippen LogP contribution is 2.40. The summed E-state index contributed by atoms with van der Waals surface area (Å²) in [6.07, 6.45) is 31.2. The van der Waals surface area contributed by atoms with Crippen LogP contribution in [0.25, 0.3) is 0 Å². The number of carbonyl (C=O) groups excluding carboxylic acids is 1. The molecule has 61 heavy (non-hydrogen) atoms. The van der Waals surface area contributed by atoms with Crippen LogP contribution in [0.2, 0.25) is 0 Å². The normalized spacial score (nSPS) is 19.0. The molecule has 0 aliphatic carbocycles. The molecule has 0 bridgehead atoms. The predicted molar refractivity (Wildman–Crippen MR) is 249 cm³/mol. The van der Waals surface area contributed by atoms with Crippen molar-refractivity contribution in [1.29, 1.82) is 0 Å². The van der Waals surface area contributed by atoms with E-state index in [2.05, 4.69) is 26.1 Å². The quantitative estimate of drug-likeness (QED) is 0.0406. The SMILES string of the molecule is CCCCCCCCCCCCOc1cc(C(=O)NCCC2O[C@H](CO)[C@@H](O)[C@H](O)[C@H]2O)cc(OCCCCCCCCCCCC)c1OCCCCCCCCCCCC. The fourth-order valence-electron chi connectivity index (χ4n) is 8.22. The second-order valence-electron chi connectivity index (χ2n) is 17.8. The van der Waals surface area contributed by atoms with E-state index in [1.165, 1.54) is 154 Å². The number of benzene rings is 1. The molecule has 1 heterocycles. The Labute approximate surface area is 372 Å². The minimum Gasteiger partial charge on any atom is -0.490 e. The summed E-state index contributed by atoms with van der Waals surface area (Å²) >= 11 is 0. The third-order valence-electron chi connectivity index (χ3n) is 12.2. The van der Waals surface area contributed by atoms with Crippen LogP contribution < -0.4 is 19.5 Å². The van der Waals surface area contributed by atoms with E-state index in [9.17, 15) is 25.2 Å². The Hall–Kier alpha value is -2.11. The van der Waals surface area contributed by atoms with Gasteiger partial charge in [-0.05, 0) is 37.8 Å². The lowest BCUT2D eigenvalue weighted by atomic mass is 9.93. The predicted octanol–water partition coefficient (Wildman–Crippen LogP) is 11.5. The van der Waals surface area contributed by atoms with Crippen LogP contribution in [0, 0.1) is 0 Å². The van der Waals surface area contributed by atoms with Crippen LogP contribution in [-0.2, 0) is 4.74 Å². The summed E-state index contributed by atoms with van der Waals surface area (Å²) in [7, 11) is 0. The minimum absolute atomic E-state index is 0.141. The van der Waals surface area contributed by atoms with E-state index in [0.29, 0.717) is 42.6 Å². The van der Waals surface area contributed by atoms with Gasteiger partial charge in [-0.1, -0.05) is 194 Å². The van der Waals surface area contributed by atoms with Crippen molar-refractivity contribution in [1.82, 2.24) is 5.32 Å². The van der Waals surface area contributed by atoms with E-state index in [0.717, 1.165) is 38.5 Å². The van der Waals surface area contributed by atoms with Gasteiger partial charge in [-0.25, -0.2) is 0 Å². The molecule has 5 atom stereocenters. The Morgan fingerprint density at radius 2 is 0.852 bits per heavy atom. The van der Waals surface area contributed by atoms with Gasteiger partial charge in [0.05, 0.1) is 32.5 Å². The average molecular weight is 864 g/mol. The maximum atomic E-state index is 13.7. The Morgan fingerprint density at radius 1 is 0.508 bits per heavy atom. The highest BCUT2D eigenvalue weighted by Gasteiger charge is 2.43. The highest BCUT2D eigenvalue weighted by atomic mass is 16.5. The lowest BCUT2D eigenvalue weighted by Gasteiger charge is -2.40. The maximum Gasteiger partial charge on any atom is 0.251 e. The molecule has 1 saturated heterocycles. The van der Waals surface area contributed by atoms with Gasteiger partial charge in [0, 0.05) is 12.1 Å². The van der Waals surface area contributed by atoms with Crippen LogP contribution in [0.3, 0.4) is 0 Å². The number of nitrogens with one attached hydrogen (secondary N) is 1. The fraction of sp³-hybridized carbons (Fsp3) is 0.863. The Kier molecular flexibility index (Phi) is 33.6. The number of rotatable bonds is 41. The summed E-state index contributed by atoms with van der Waals surface area (Å²) in [6.45, 7) is 8.00. The number of amides is 1. The van der Waals surface area contributed by atoms with Gasteiger partial charge in [0.25, 0.3) is 5.91 Å². The van der Waals surface area contributed by atoms with Crippen molar-refractivity contribution in [2.75, 3.05) is 33.0 Å². The number of hydrogen-bond acceptors (Lipinski definition) is 9. The first-order chi connectivity index (χ1) is 29.9. The largest absolute Gasteiger partial charge is 0.490 e. The molecule has 1 aliphatic heterocycles. The average Bonchev–Trinajstić information content (AvgIpc) is 3.26. The van der Waals surface area contributed by atoms with E-state index < -0.39 is 37.1 Å². The molecule has 1 unspecified atom stereocenters. The van der Waals surface area contributed by atoms with Gasteiger partial charge >= 0.3 is 0 Å². The highest BCUT2D eigenvalue weighted by molar-refractivity contribution is 5.95. The standard InChI is InChI=1S/C51H93NO9/c1-4-7-10-13-16-19-22-25-28-31-36-58-44-39-42(51(57)52-35-34-43-47(54)49(56)48(55)46(41-53)61-43)40-45(59-37-32-29-26-23-20-17-14-11-8-5-2)50(44)60-38-33-30-27-24-21-18-15-12-9-6-3/h39-40,43,46-49,53-56H,4-38,41H2,1-3H3,(H,52,57)/t43?,46-,47+,48-,49-/m1/s1. The van der Waals surface area contributed by atoms with E-state index in [4.69, 9.17) is 18.9 Å². The molecule has 1 amide bonds. The summed E-state index contributed by atoms with van der Waals surface area (Å²) in [5, 5.41) is 43.5. The molecule has 356 valence electrons. The van der Waals surface area contributed by atoms with Gasteiger partial charge in [0.15, 0.2) is 11.5 Å². The van der Waals surface area contributed by atoms with Crippen LogP contribution in [-0.4, -0.2) is 89.8 Å². The minimum atomic E-state index is -1.45. The lowest BCUT2D eigenvalue weighted by molar-refractivity contribution is -0.229. The topological polar surface area (TPSA) is 147 Å². The molecule has 5 N–H and O–H groups in total. The summed E-state index contributed by atoms with van der Waals surface area (Å²) in [6, 6.07) is 3.50. The smallest absolute Gasteiger partial charge is 0.251 e. The fourth-order valence-corrected chi connectivity index (χ4v) is 8.22. The Balaban J connectivity index is 2.10. The molecule has 1 fully saturated rings. The molecule has 0 radical (unpaired) electrons. The molecule has 0 saturated carbocycles. The van der Waals surface area contributed by atoms with Crippen LogP contribution in [0.15, 0.2) is 12.1 Å². The zero-order chi connectivity index (χ0) is 44.2. The molecular weight excluding hydrogens is 771 g/mol. The van der Waals surface area contributed by atoms with E-state index >= 15 is 0 Å². The summed E-state index contributed by atoms with van der Waals surface area (Å²) in [4.78, 5) is 13.7. The summed E-state index contributed by atoms with van der Waals surface area (Å²) in [5.41, 5.74) is 0.385. The molecule has 1 aromatic rings. The van der Waals surface area contributed by atoms with Crippen molar-refractivity contribution >= 4 is 5.91 Å². The first kappa shape index (κ1) is 55.0. The zero-order valence-electron chi connectivity index (χ0n) is 39.3. The van der Waals surface area contributed by atoms with Crippen molar-refractivity contribution in [3.8, 4) is 17.2 Å². The van der Waals surface area contributed by atoms with Crippen molar-refractivity contribution in [2.45, 2.75) is 250 Å². The molecular formula is C51H93NO9. The van der Waals surface area contributed by atoms with Gasteiger partial charge in [0.1, 0.15) is 24.4 Å². The van der Waals surface area contributed by atoms with Crippen molar-refractivity contribution in [3.05, 3.63) is 17.7 Å². The number of carbonyl (C=O) groups is 1. The first-order valence-corrected chi connectivity index (χ1v) is 25.5. The van der Waals surface area contributed by atoms with Gasteiger partial charge in [-0.2, -0.15) is 0 Å². The van der Waals surface area contributed by atoms with Crippen molar-refractivity contribution in [2.24, 2.45) is 0 Å². The lowest BCUT2D eigenvalue weighted by Crippen LogP contribution is -2.58. The van der Waals surface area contributed by atoms with Gasteiger partial charge in [0.2, 0.25) is 5.75 Å². The molecule has 0 aromatic heterocycles. The van der Waals surface area contributed by atoms with Crippen LogP contribution >= 0.6 is 0 Å². The molecule has 10 heteroatoms. The molecule has 2 rings (SSSR count). The number of ether oxygens (including phenoxy) is 4. The second kappa shape index (κ2) is 37.3. The third-order valence-corrected chi connectivity index (χ3v) is 12.2. The zero-order valence-corrected chi connectivity index (χ0v) is 39.3. The van der Waals surface area contributed by atoms with Crippen LogP contribution in [0.5, 0.6) is 17.2 Å². The summed E-state index contributed by atoms with van der Waals surface area (Å²) < 4.78 is 25.0. The monoisotopic (exact) mass is 864 g/mol. The van der Waals surface area contributed by atoms with Gasteiger partial charge in [-0.3, -0.25) is 4.79 Å². The molecule has 0 spiro atoms. The number of hydrogen-bond donors (Lipinski definition) is 5. The third kappa shape index (κ3) is 25.1. The first-order valence-electron chi connectivity index (χ1n) is 25.5. The Bertz CT molecular complexity index is 1140. The second-order valence-corrected chi connectivity index (χ2v) is 17.8. The van der Waals surface area contributed by atoms with Gasteiger partial charge < -0.3 is 44.7 Å². The Morgan fingerprint density at radius 3 is 1.23 bits per heavy atom. The van der Waals surface area contributed by atoms with E-state index in [-0.39, 0.29) is 18.9 Å². The number of aliphatic hydroxyl groups excluding tert-OH is 4. The molecule has 1 aliphatic rings. The van der Waals surface area contributed by atoms with Crippen molar-refractivity contribution in [3.63, 3.8) is 0 Å².